The van der Waals surface area contributed by atoms with Crippen LogP contribution in [-0.2, 0) is 17.8 Å². The van der Waals surface area contributed by atoms with Crippen molar-refractivity contribution in [3.63, 3.8) is 0 Å². The molecule has 0 fully saturated rings. The van der Waals surface area contributed by atoms with E-state index in [-0.39, 0.29) is 17.7 Å². The number of rotatable bonds is 5. The topological polar surface area (TPSA) is 40.6 Å². The molecule has 1 aliphatic heterocycles. The molecule has 4 heteroatoms. The summed E-state index contributed by atoms with van der Waals surface area (Å²) in [6.07, 6.45) is 0.851. The van der Waals surface area contributed by atoms with E-state index in [2.05, 4.69) is 0 Å². The van der Waals surface area contributed by atoms with Gasteiger partial charge in [-0.3, -0.25) is 9.59 Å². The number of hydrogen-bond acceptors (Lipinski definition) is 2. The van der Waals surface area contributed by atoms with Crippen molar-refractivity contribution in [1.82, 2.24) is 4.90 Å². The first-order valence-electron chi connectivity index (χ1n) is 9.28. The first-order valence-corrected chi connectivity index (χ1v) is 9.28. The van der Waals surface area contributed by atoms with Gasteiger partial charge in [0.15, 0.2) is 0 Å². The molecule has 136 valence electrons. The summed E-state index contributed by atoms with van der Waals surface area (Å²) in [7, 11) is 0. The molecular formula is C22H26N2O2. The summed E-state index contributed by atoms with van der Waals surface area (Å²) in [4.78, 5) is 29.1. The van der Waals surface area contributed by atoms with Crippen LogP contribution in [0.3, 0.4) is 0 Å². The van der Waals surface area contributed by atoms with Gasteiger partial charge < -0.3 is 9.80 Å². The molecule has 0 saturated heterocycles. The summed E-state index contributed by atoms with van der Waals surface area (Å²) >= 11 is 0. The van der Waals surface area contributed by atoms with Crippen LogP contribution in [0.4, 0.5) is 5.69 Å². The third kappa shape index (κ3) is 3.64. The second kappa shape index (κ2) is 7.73. The van der Waals surface area contributed by atoms with Gasteiger partial charge in [-0.2, -0.15) is 0 Å². The van der Waals surface area contributed by atoms with Crippen molar-refractivity contribution in [2.24, 2.45) is 5.92 Å². The van der Waals surface area contributed by atoms with Gasteiger partial charge in [0.2, 0.25) is 5.91 Å². The Morgan fingerprint density at radius 1 is 1.12 bits per heavy atom. The van der Waals surface area contributed by atoms with Crippen molar-refractivity contribution >= 4 is 17.5 Å². The molecule has 0 radical (unpaired) electrons. The minimum Gasteiger partial charge on any atom is -0.335 e. The second-order valence-electron chi connectivity index (χ2n) is 7.04. The quantitative estimate of drug-likeness (QED) is 0.821. The molecule has 0 unspecified atom stereocenters. The van der Waals surface area contributed by atoms with Crippen LogP contribution in [0.25, 0.3) is 0 Å². The van der Waals surface area contributed by atoms with Crippen LogP contribution >= 0.6 is 0 Å². The van der Waals surface area contributed by atoms with E-state index in [9.17, 15) is 9.59 Å². The highest BCUT2D eigenvalue weighted by Gasteiger charge is 2.27. The Hall–Kier alpha value is -2.62. The summed E-state index contributed by atoms with van der Waals surface area (Å²) in [5, 5.41) is 0. The first kappa shape index (κ1) is 18.2. The van der Waals surface area contributed by atoms with E-state index in [1.807, 2.05) is 79.1 Å². The van der Waals surface area contributed by atoms with Crippen LogP contribution in [0.2, 0.25) is 0 Å². The van der Waals surface area contributed by atoms with Gasteiger partial charge in [-0.25, -0.2) is 0 Å². The van der Waals surface area contributed by atoms with Gasteiger partial charge in [0.1, 0.15) is 0 Å². The van der Waals surface area contributed by atoms with Crippen LogP contribution in [0.5, 0.6) is 0 Å². The highest BCUT2D eigenvalue weighted by atomic mass is 16.2. The van der Waals surface area contributed by atoms with Crippen LogP contribution in [0, 0.1) is 5.92 Å². The molecule has 26 heavy (non-hydrogen) atoms. The average Bonchev–Trinajstić information content (AvgIpc) is 3.08. The van der Waals surface area contributed by atoms with Crippen molar-refractivity contribution < 1.29 is 9.59 Å². The Kier molecular flexibility index (Phi) is 5.40. The molecule has 1 heterocycles. The van der Waals surface area contributed by atoms with Crippen LogP contribution < -0.4 is 4.90 Å². The van der Waals surface area contributed by atoms with Gasteiger partial charge in [-0.1, -0.05) is 50.2 Å². The Morgan fingerprint density at radius 2 is 1.85 bits per heavy atom. The molecule has 0 saturated carbocycles. The molecule has 0 bridgehead atoms. The number of nitrogens with zero attached hydrogens (tertiary/aromatic N) is 2. The molecule has 0 N–H and O–H groups in total. The number of amides is 2. The summed E-state index contributed by atoms with van der Waals surface area (Å²) in [5.74, 6) is 0.0681. The zero-order valence-electron chi connectivity index (χ0n) is 15.7. The number of carbonyl (C=O) groups is 2. The lowest BCUT2D eigenvalue weighted by atomic mass is 10.1. The van der Waals surface area contributed by atoms with E-state index < -0.39 is 0 Å². The molecule has 3 rings (SSSR count). The third-order valence-electron chi connectivity index (χ3n) is 4.87. The largest absolute Gasteiger partial charge is 0.335 e. The molecule has 0 spiro atoms. The monoisotopic (exact) mass is 350 g/mol. The Labute approximate surface area is 155 Å². The number of fused-ring (bicyclic) bond motifs is 1. The van der Waals surface area contributed by atoms with Crippen LogP contribution in [0.1, 0.15) is 42.3 Å². The number of carbonyl (C=O) groups excluding carboxylic acids is 2. The number of benzene rings is 2. The standard InChI is InChI=1S/C22H26N2O2/c1-4-23(15-17-8-6-5-7-9-17)22(26)19-11-10-18-12-13-24(20(18)14-19)21(25)16(2)3/h5-11,14,16H,4,12-13,15H2,1-3H3. The van der Waals surface area contributed by atoms with E-state index >= 15 is 0 Å². The summed E-state index contributed by atoms with van der Waals surface area (Å²) in [5.41, 5.74) is 3.79. The fourth-order valence-electron chi connectivity index (χ4n) is 3.37. The molecule has 0 aromatic heterocycles. The minimum absolute atomic E-state index is 0.00278. The highest BCUT2D eigenvalue weighted by Crippen LogP contribution is 2.30. The zero-order valence-corrected chi connectivity index (χ0v) is 15.7. The Bertz CT molecular complexity index is 799. The number of anilines is 1. The molecule has 0 aliphatic carbocycles. The van der Waals surface area contributed by atoms with Gasteiger partial charge in [0, 0.05) is 36.8 Å². The van der Waals surface area contributed by atoms with Gasteiger partial charge in [-0.15, -0.1) is 0 Å². The predicted molar refractivity (Wildman–Crippen MR) is 104 cm³/mol. The van der Waals surface area contributed by atoms with Crippen molar-refractivity contribution in [3.8, 4) is 0 Å². The van der Waals surface area contributed by atoms with Crippen molar-refractivity contribution in [1.29, 1.82) is 0 Å². The maximum atomic E-state index is 13.0. The van der Waals surface area contributed by atoms with E-state index in [4.69, 9.17) is 0 Å². The van der Waals surface area contributed by atoms with E-state index in [0.29, 0.717) is 25.2 Å². The van der Waals surface area contributed by atoms with Crippen molar-refractivity contribution in [3.05, 3.63) is 65.2 Å². The Morgan fingerprint density at radius 3 is 2.50 bits per heavy atom. The molecule has 2 aromatic rings. The highest BCUT2D eigenvalue weighted by molar-refractivity contribution is 6.00. The fraction of sp³-hybridized carbons (Fsp3) is 0.364. The fourth-order valence-corrected chi connectivity index (χ4v) is 3.37. The smallest absolute Gasteiger partial charge is 0.254 e. The summed E-state index contributed by atoms with van der Waals surface area (Å²) in [6, 6.07) is 15.8. The zero-order chi connectivity index (χ0) is 18.7. The summed E-state index contributed by atoms with van der Waals surface area (Å²) in [6.45, 7) is 7.73. The van der Waals surface area contributed by atoms with Gasteiger partial charge in [0.05, 0.1) is 0 Å². The van der Waals surface area contributed by atoms with E-state index in [1.54, 1.807) is 0 Å². The number of hydrogen-bond donors (Lipinski definition) is 0. The lowest BCUT2D eigenvalue weighted by Crippen LogP contribution is -2.33. The second-order valence-corrected chi connectivity index (χ2v) is 7.04. The van der Waals surface area contributed by atoms with Gasteiger partial charge >= 0.3 is 0 Å². The van der Waals surface area contributed by atoms with Crippen LogP contribution in [0.15, 0.2) is 48.5 Å². The third-order valence-corrected chi connectivity index (χ3v) is 4.87. The van der Waals surface area contributed by atoms with E-state index in [1.165, 1.54) is 0 Å². The predicted octanol–water partition coefficient (Wildman–Crippen LogP) is 3.89. The lowest BCUT2D eigenvalue weighted by molar-refractivity contribution is -0.121. The SMILES string of the molecule is CCN(Cc1ccccc1)C(=O)c1ccc2c(c1)N(C(=O)C(C)C)CC2. The van der Waals surface area contributed by atoms with Crippen LogP contribution in [-0.4, -0.2) is 29.8 Å². The average molecular weight is 350 g/mol. The molecule has 2 amide bonds. The molecule has 4 nitrogen and oxygen atoms in total. The normalized spacial score (nSPS) is 13.0. The van der Waals surface area contributed by atoms with Gasteiger partial charge in [-0.05, 0) is 36.6 Å². The molecule has 2 aromatic carbocycles. The summed E-state index contributed by atoms with van der Waals surface area (Å²) < 4.78 is 0. The van der Waals surface area contributed by atoms with Crippen molar-refractivity contribution in [2.45, 2.75) is 33.7 Å². The van der Waals surface area contributed by atoms with Gasteiger partial charge in [0.25, 0.3) is 5.91 Å². The lowest BCUT2D eigenvalue weighted by Gasteiger charge is -2.23. The van der Waals surface area contributed by atoms with E-state index in [0.717, 1.165) is 23.2 Å². The molecule has 0 atom stereocenters. The maximum Gasteiger partial charge on any atom is 0.254 e. The first-order chi connectivity index (χ1) is 12.5. The maximum absolute atomic E-state index is 13.0. The van der Waals surface area contributed by atoms with Crippen molar-refractivity contribution in [2.75, 3.05) is 18.0 Å². The minimum atomic E-state index is -0.0504. The molecular weight excluding hydrogens is 324 g/mol. The Balaban J connectivity index is 1.84. The molecule has 1 aliphatic rings.